The van der Waals surface area contributed by atoms with E-state index < -0.39 is 71.1 Å². The number of urea groups is 1. The van der Waals surface area contributed by atoms with Crippen molar-refractivity contribution >= 4 is 28.7 Å². The molecule has 7 rings (SSSR count). The van der Waals surface area contributed by atoms with Crippen LogP contribution in [0.2, 0.25) is 0 Å². The number of rotatable bonds is 4. The van der Waals surface area contributed by atoms with E-state index in [-0.39, 0.29) is 31.6 Å². The van der Waals surface area contributed by atoms with Crippen molar-refractivity contribution < 1.29 is 53.1 Å². The molecule has 0 atom stereocenters. The highest BCUT2D eigenvalue weighted by molar-refractivity contribution is 5.89. The molecule has 19 heteroatoms. The highest BCUT2D eigenvalue weighted by atomic mass is 19.4. The number of hydrogen-bond acceptors (Lipinski definition) is 5. The number of carbonyl (C=O) groups is 1. The van der Waals surface area contributed by atoms with E-state index in [2.05, 4.69) is 25.3 Å². The van der Waals surface area contributed by atoms with Crippen molar-refractivity contribution in [2.24, 2.45) is 0 Å². The molecule has 0 spiro atoms. The average Bonchev–Trinajstić information content (AvgIpc) is 3.59. The number of imidazole rings is 1. The maximum absolute atomic E-state index is 15.3. The number of anilines is 2. The van der Waals surface area contributed by atoms with Crippen LogP contribution in [0.5, 0.6) is 0 Å². The predicted octanol–water partition coefficient (Wildman–Crippen LogP) is 10.1. The van der Waals surface area contributed by atoms with Crippen LogP contribution in [0, 0.1) is 0 Å². The van der Waals surface area contributed by atoms with Crippen LogP contribution in [0.4, 0.5) is 64.7 Å². The van der Waals surface area contributed by atoms with Gasteiger partial charge in [0.2, 0.25) is 5.95 Å². The van der Waals surface area contributed by atoms with Crippen molar-refractivity contribution in [2.75, 3.05) is 36.4 Å². The Bertz CT molecular complexity index is 2120. The number of aromatic amines is 1. The molecule has 2 N–H and O–H groups in total. The average molecular weight is 800 g/mol. The molecule has 3 aromatic heterocycles. The SMILES string of the molecule is FC(F)(F)c1ccc2nc(N3CCC(F)(c4ccccn4)CC3)[nH]c2c1.O=C(Nc1ccc(C(F)(F)F)cc1)N1CCC(F)(c2ncccc2C(F)(F)F)CC1. The van der Waals surface area contributed by atoms with E-state index in [4.69, 9.17) is 0 Å². The van der Waals surface area contributed by atoms with Crippen molar-refractivity contribution in [3.05, 3.63) is 113 Å². The highest BCUT2D eigenvalue weighted by Gasteiger charge is 2.46. The largest absolute Gasteiger partial charge is 0.418 e. The van der Waals surface area contributed by atoms with Crippen molar-refractivity contribution in [1.29, 1.82) is 0 Å². The Labute approximate surface area is 311 Å². The fourth-order valence-electron chi connectivity index (χ4n) is 6.52. The van der Waals surface area contributed by atoms with E-state index in [0.29, 0.717) is 35.8 Å². The zero-order valence-corrected chi connectivity index (χ0v) is 29.0. The normalized spacial score (nSPS) is 17.3. The number of amides is 2. The van der Waals surface area contributed by atoms with Gasteiger partial charge in [-0.3, -0.25) is 9.97 Å². The summed E-state index contributed by atoms with van der Waals surface area (Å²) in [6, 6.07) is 13.5. The number of carbonyl (C=O) groups excluding carboxylic acids is 1. The number of H-pyrrole nitrogens is 1. The van der Waals surface area contributed by atoms with Gasteiger partial charge in [-0.05, 0) is 66.7 Å². The maximum atomic E-state index is 15.3. The molecule has 2 aliphatic rings. The van der Waals surface area contributed by atoms with Gasteiger partial charge in [-0.25, -0.2) is 18.6 Å². The third kappa shape index (κ3) is 8.97. The fourth-order valence-corrected chi connectivity index (χ4v) is 6.52. The lowest BCUT2D eigenvalue weighted by Gasteiger charge is -2.36. The Morgan fingerprint density at radius 2 is 1.29 bits per heavy atom. The van der Waals surface area contributed by atoms with Gasteiger partial charge >= 0.3 is 24.6 Å². The molecule has 298 valence electrons. The number of nitrogens with one attached hydrogen (secondary N) is 2. The lowest BCUT2D eigenvalue weighted by molar-refractivity contribution is -0.140. The van der Waals surface area contributed by atoms with Gasteiger partial charge in [-0.2, -0.15) is 39.5 Å². The number of halogens is 11. The van der Waals surface area contributed by atoms with Crippen molar-refractivity contribution in [1.82, 2.24) is 24.8 Å². The summed E-state index contributed by atoms with van der Waals surface area (Å²) >= 11 is 0. The number of piperidine rings is 2. The van der Waals surface area contributed by atoms with Gasteiger partial charge < -0.3 is 20.1 Å². The molecule has 2 aliphatic heterocycles. The first-order valence-corrected chi connectivity index (χ1v) is 17.1. The molecule has 0 saturated carbocycles. The second-order valence-electron chi connectivity index (χ2n) is 13.3. The Balaban J connectivity index is 0.000000191. The third-order valence-electron chi connectivity index (χ3n) is 9.62. The summed E-state index contributed by atoms with van der Waals surface area (Å²) in [4.78, 5) is 30.3. The topological polar surface area (TPSA) is 90.0 Å². The second kappa shape index (κ2) is 15.2. The molecule has 2 amide bonds. The van der Waals surface area contributed by atoms with E-state index in [0.717, 1.165) is 54.7 Å². The van der Waals surface area contributed by atoms with E-state index in [1.165, 1.54) is 11.0 Å². The Morgan fingerprint density at radius 1 is 0.679 bits per heavy atom. The monoisotopic (exact) mass is 799 g/mol. The summed E-state index contributed by atoms with van der Waals surface area (Å²) in [5.74, 6) is 0.461. The molecule has 5 heterocycles. The molecule has 0 unspecified atom stereocenters. The van der Waals surface area contributed by atoms with Gasteiger partial charge in [0.1, 0.15) is 0 Å². The summed E-state index contributed by atoms with van der Waals surface area (Å²) in [7, 11) is 0. The first-order chi connectivity index (χ1) is 26.2. The maximum Gasteiger partial charge on any atom is 0.418 e. The zero-order chi connectivity index (χ0) is 40.5. The lowest BCUT2D eigenvalue weighted by atomic mass is 9.87. The standard InChI is InChI=1S/C19H16F7N3O.C18H16F4N4/c20-17(15-14(19(24,25)26)2-1-9-27-15)7-10-29(11-8-17)16(30)28-13-5-3-12(4-6-13)18(21,22)23;19-17(15-3-1-2-8-23-15)6-9-26(10-7-17)16-24-13-5-4-12(18(20,21)22)11-14(13)25-16/h1-6,9H,7-8,10-11H2,(H,28,30);1-5,8,11H,6-7,9-10H2,(H,24,25). The Hall–Kier alpha value is -5.49. The number of pyridine rings is 2. The summed E-state index contributed by atoms with van der Waals surface area (Å²) in [6.07, 6.45) is -11.3. The number of aromatic nitrogens is 4. The van der Waals surface area contributed by atoms with E-state index in [1.54, 1.807) is 24.4 Å². The molecule has 0 aliphatic carbocycles. The molecule has 0 radical (unpaired) electrons. The quantitative estimate of drug-likeness (QED) is 0.177. The Morgan fingerprint density at radius 3 is 1.88 bits per heavy atom. The summed E-state index contributed by atoms with van der Waals surface area (Å²) in [5.41, 5.74) is -6.02. The number of fused-ring (bicyclic) bond motifs is 1. The van der Waals surface area contributed by atoms with Crippen LogP contribution in [0.3, 0.4) is 0 Å². The van der Waals surface area contributed by atoms with Gasteiger partial charge in [-0.1, -0.05) is 6.07 Å². The van der Waals surface area contributed by atoms with Crippen LogP contribution in [0.1, 0.15) is 53.8 Å². The van der Waals surface area contributed by atoms with Gasteiger partial charge in [0.25, 0.3) is 0 Å². The molecule has 2 aromatic carbocycles. The van der Waals surface area contributed by atoms with Crippen LogP contribution >= 0.6 is 0 Å². The number of alkyl halides is 11. The smallest absolute Gasteiger partial charge is 0.342 e. The first-order valence-electron chi connectivity index (χ1n) is 17.1. The predicted molar refractivity (Wildman–Crippen MR) is 183 cm³/mol. The van der Waals surface area contributed by atoms with E-state index >= 15 is 8.78 Å². The van der Waals surface area contributed by atoms with Crippen LogP contribution < -0.4 is 10.2 Å². The molecule has 5 aromatic rings. The minimum atomic E-state index is -4.76. The van der Waals surface area contributed by atoms with Crippen molar-refractivity contribution in [3.8, 4) is 0 Å². The van der Waals surface area contributed by atoms with Crippen molar-refractivity contribution in [2.45, 2.75) is 55.5 Å². The summed E-state index contributed by atoms with van der Waals surface area (Å²) < 4.78 is 146. The Kier molecular flexibility index (Phi) is 10.9. The highest BCUT2D eigenvalue weighted by Crippen LogP contribution is 2.43. The zero-order valence-electron chi connectivity index (χ0n) is 29.0. The summed E-state index contributed by atoms with van der Waals surface area (Å²) in [6.45, 7) is 0.436. The van der Waals surface area contributed by atoms with Crippen LogP contribution in [-0.4, -0.2) is 57.0 Å². The molecule has 8 nitrogen and oxygen atoms in total. The van der Waals surface area contributed by atoms with Crippen molar-refractivity contribution in [3.63, 3.8) is 0 Å². The number of hydrogen-bond donors (Lipinski definition) is 2. The number of nitrogens with zero attached hydrogens (tertiary/aromatic N) is 5. The molecule has 2 fully saturated rings. The first kappa shape index (κ1) is 40.2. The third-order valence-corrected chi connectivity index (χ3v) is 9.62. The number of likely N-dealkylation sites (tertiary alicyclic amines) is 1. The van der Waals surface area contributed by atoms with Crippen LogP contribution in [-0.2, 0) is 29.9 Å². The fraction of sp³-hybridized carbons (Fsp3) is 0.351. The summed E-state index contributed by atoms with van der Waals surface area (Å²) in [5, 5.41) is 2.39. The van der Waals surface area contributed by atoms with Gasteiger partial charge in [0.15, 0.2) is 11.3 Å². The molecular weight excluding hydrogens is 767 g/mol. The molecule has 0 bridgehead atoms. The van der Waals surface area contributed by atoms with Gasteiger partial charge in [0, 0.05) is 69.9 Å². The second-order valence-corrected chi connectivity index (χ2v) is 13.3. The van der Waals surface area contributed by atoms with Gasteiger partial charge in [0.05, 0.1) is 39.1 Å². The molecular formula is C37H32F11N7O. The van der Waals surface area contributed by atoms with E-state index in [1.807, 2.05) is 4.90 Å². The minimum absolute atomic E-state index is 0.106. The van der Waals surface area contributed by atoms with E-state index in [9.17, 15) is 44.3 Å². The molecule has 56 heavy (non-hydrogen) atoms. The lowest BCUT2D eigenvalue weighted by Crippen LogP contribution is -2.45. The van der Waals surface area contributed by atoms with Crippen LogP contribution in [0.15, 0.2) is 85.2 Å². The molecule has 2 saturated heterocycles. The minimum Gasteiger partial charge on any atom is -0.342 e. The van der Waals surface area contributed by atoms with Gasteiger partial charge in [-0.15, -0.1) is 0 Å². The number of benzene rings is 2. The van der Waals surface area contributed by atoms with Crippen LogP contribution in [0.25, 0.3) is 11.0 Å².